The number of hydrogen-bond donors (Lipinski definition) is 0. The Bertz CT molecular complexity index is 939. The van der Waals surface area contributed by atoms with Crippen LogP contribution in [0.5, 0.6) is 0 Å². The zero-order valence-electron chi connectivity index (χ0n) is 14.7. The third-order valence-corrected chi connectivity index (χ3v) is 5.64. The Hall–Kier alpha value is -1.79. The number of aromatic nitrogens is 1. The van der Waals surface area contributed by atoms with Crippen molar-refractivity contribution in [3.8, 4) is 22.4 Å². The number of ether oxygens (including phenoxy) is 1. The Morgan fingerprint density at radius 2 is 1.92 bits per heavy atom. The van der Waals surface area contributed by atoms with Gasteiger partial charge in [-0.15, -0.1) is 0 Å². The Kier molecular flexibility index (Phi) is 5.05. The first-order valence-electron chi connectivity index (χ1n) is 8.41. The number of benzene rings is 2. The van der Waals surface area contributed by atoms with Crippen molar-refractivity contribution in [3.05, 3.63) is 53.2 Å². The van der Waals surface area contributed by atoms with E-state index in [0.29, 0.717) is 18.2 Å². The van der Waals surface area contributed by atoms with E-state index in [2.05, 4.69) is 22.2 Å². The largest absolute Gasteiger partial charge is 0.372 e. The number of likely N-dealkylation sites (N-methyl/N-ethyl adjacent to an activating group) is 1. The lowest BCUT2D eigenvalue weighted by Crippen LogP contribution is -2.17. The number of nitrogens with zero attached hydrogens (tertiary/aromatic N) is 2. The van der Waals surface area contributed by atoms with Gasteiger partial charge in [0.25, 0.3) is 0 Å². The predicted molar refractivity (Wildman–Crippen MR) is 105 cm³/mol. The zero-order valence-corrected chi connectivity index (χ0v) is 16.2. The summed E-state index contributed by atoms with van der Waals surface area (Å²) < 4.78 is 11.5. The van der Waals surface area contributed by atoms with Crippen molar-refractivity contribution in [2.75, 3.05) is 27.2 Å². The Labute approximate surface area is 162 Å². The van der Waals surface area contributed by atoms with Gasteiger partial charge in [0, 0.05) is 32.5 Å². The van der Waals surface area contributed by atoms with Gasteiger partial charge in [0.15, 0.2) is 5.76 Å². The van der Waals surface area contributed by atoms with E-state index in [0.717, 1.165) is 39.6 Å². The summed E-state index contributed by atoms with van der Waals surface area (Å²) in [6, 6.07) is 14.2. The van der Waals surface area contributed by atoms with Gasteiger partial charge in [-0.05, 0) is 38.4 Å². The first-order chi connectivity index (χ1) is 12.6. The third-order valence-electron chi connectivity index (χ3n) is 4.25. The molecule has 0 unspecified atom stereocenters. The highest BCUT2D eigenvalue weighted by atomic mass is 35.5. The fraction of sp³-hybridized carbons (Fsp3) is 0.250. The first kappa shape index (κ1) is 17.6. The van der Waals surface area contributed by atoms with Gasteiger partial charge >= 0.3 is 0 Å². The molecule has 1 aromatic heterocycles. The fourth-order valence-corrected chi connectivity index (χ4v) is 4.19. The minimum atomic E-state index is 0.394. The van der Waals surface area contributed by atoms with Gasteiger partial charge < -0.3 is 14.2 Å². The van der Waals surface area contributed by atoms with Crippen LogP contribution in [0.1, 0.15) is 5.76 Å². The summed E-state index contributed by atoms with van der Waals surface area (Å²) in [5.41, 5.74) is 3.94. The average molecular weight is 387 g/mol. The van der Waals surface area contributed by atoms with E-state index < -0.39 is 0 Å². The van der Waals surface area contributed by atoms with Crippen LogP contribution in [0, 0.1) is 0 Å². The van der Waals surface area contributed by atoms with E-state index in [1.54, 1.807) is 11.8 Å². The third kappa shape index (κ3) is 3.40. The molecule has 0 saturated carbocycles. The molecule has 0 spiro atoms. The van der Waals surface area contributed by atoms with E-state index in [1.807, 2.05) is 44.4 Å². The minimum absolute atomic E-state index is 0.394. The van der Waals surface area contributed by atoms with Crippen LogP contribution in [0.25, 0.3) is 22.4 Å². The molecule has 0 saturated heterocycles. The topological polar surface area (TPSA) is 38.5 Å². The molecule has 0 bridgehead atoms. The molecule has 4 rings (SSSR count). The molecule has 0 amide bonds. The SMILES string of the molecule is CN(C)CCOCc1onc2c1-c1ccccc1Sc1ccc(Cl)cc1-2. The molecule has 134 valence electrons. The molecule has 4 nitrogen and oxygen atoms in total. The second-order valence-electron chi connectivity index (χ2n) is 6.42. The second kappa shape index (κ2) is 7.45. The molecule has 1 aliphatic rings. The van der Waals surface area contributed by atoms with Crippen LogP contribution < -0.4 is 0 Å². The summed E-state index contributed by atoms with van der Waals surface area (Å²) in [7, 11) is 4.05. The van der Waals surface area contributed by atoms with Crippen molar-refractivity contribution in [1.82, 2.24) is 10.1 Å². The summed E-state index contributed by atoms with van der Waals surface area (Å²) in [6.45, 7) is 1.90. The quantitative estimate of drug-likeness (QED) is 0.440. The maximum atomic E-state index is 6.25. The molecule has 2 heterocycles. The molecule has 0 atom stereocenters. The predicted octanol–water partition coefficient (Wildman–Crippen LogP) is 5.20. The van der Waals surface area contributed by atoms with Crippen molar-refractivity contribution in [1.29, 1.82) is 0 Å². The van der Waals surface area contributed by atoms with Gasteiger partial charge in [0.2, 0.25) is 0 Å². The van der Waals surface area contributed by atoms with Gasteiger partial charge in [0.1, 0.15) is 12.3 Å². The van der Waals surface area contributed by atoms with Crippen LogP contribution in [0.15, 0.2) is 56.8 Å². The lowest BCUT2D eigenvalue weighted by atomic mass is 9.99. The van der Waals surface area contributed by atoms with Crippen molar-refractivity contribution in [3.63, 3.8) is 0 Å². The number of rotatable bonds is 5. The first-order valence-corrected chi connectivity index (χ1v) is 9.61. The summed E-state index contributed by atoms with van der Waals surface area (Å²) >= 11 is 7.98. The Morgan fingerprint density at radius 3 is 2.77 bits per heavy atom. The van der Waals surface area contributed by atoms with E-state index >= 15 is 0 Å². The smallest absolute Gasteiger partial charge is 0.170 e. The molecule has 3 aromatic rings. The standard InChI is InChI=1S/C20H19ClN2O2S/c1-23(2)9-10-24-12-16-19-14-5-3-4-6-17(14)26-18-8-7-13(21)11-15(18)20(19)22-25-16/h3-8,11H,9-10,12H2,1-2H3. The molecule has 1 aliphatic heterocycles. The Morgan fingerprint density at radius 1 is 1.12 bits per heavy atom. The summed E-state index contributed by atoms with van der Waals surface area (Å²) in [5, 5.41) is 5.06. The van der Waals surface area contributed by atoms with Crippen molar-refractivity contribution in [2.24, 2.45) is 0 Å². The number of fused-ring (bicyclic) bond motifs is 5. The summed E-state index contributed by atoms with van der Waals surface area (Å²) in [5.74, 6) is 0.750. The number of hydrogen-bond acceptors (Lipinski definition) is 5. The van der Waals surface area contributed by atoms with Crippen LogP contribution >= 0.6 is 23.4 Å². The van der Waals surface area contributed by atoms with Gasteiger partial charge in [-0.2, -0.15) is 0 Å². The number of halogens is 1. The average Bonchev–Trinajstić information content (AvgIpc) is 2.98. The lowest BCUT2D eigenvalue weighted by molar-refractivity contribution is 0.0889. The summed E-state index contributed by atoms with van der Waals surface area (Å²) in [6.07, 6.45) is 0. The van der Waals surface area contributed by atoms with Crippen molar-refractivity contribution in [2.45, 2.75) is 16.4 Å². The van der Waals surface area contributed by atoms with Crippen molar-refractivity contribution >= 4 is 23.4 Å². The molecule has 2 aromatic carbocycles. The van der Waals surface area contributed by atoms with Gasteiger partial charge in [-0.1, -0.05) is 46.7 Å². The highest BCUT2D eigenvalue weighted by Crippen LogP contribution is 2.49. The highest BCUT2D eigenvalue weighted by Gasteiger charge is 2.27. The van der Waals surface area contributed by atoms with Gasteiger partial charge in [0.05, 0.1) is 12.2 Å². The van der Waals surface area contributed by atoms with Gasteiger partial charge in [-0.3, -0.25) is 0 Å². The van der Waals surface area contributed by atoms with Crippen LogP contribution in [-0.4, -0.2) is 37.3 Å². The molecule has 0 N–H and O–H groups in total. The fourth-order valence-electron chi connectivity index (χ4n) is 2.95. The zero-order chi connectivity index (χ0) is 18.1. The van der Waals surface area contributed by atoms with E-state index in [9.17, 15) is 0 Å². The lowest BCUT2D eigenvalue weighted by Gasteiger charge is -2.10. The van der Waals surface area contributed by atoms with E-state index in [4.69, 9.17) is 20.9 Å². The highest BCUT2D eigenvalue weighted by molar-refractivity contribution is 7.99. The molecule has 6 heteroatoms. The molecular formula is C20H19ClN2O2S. The van der Waals surface area contributed by atoms with Crippen LogP contribution in [0.2, 0.25) is 5.02 Å². The summed E-state index contributed by atoms with van der Waals surface area (Å²) in [4.78, 5) is 4.38. The van der Waals surface area contributed by atoms with E-state index in [1.165, 1.54) is 4.90 Å². The Balaban J connectivity index is 1.77. The normalized spacial score (nSPS) is 12.5. The molecule has 26 heavy (non-hydrogen) atoms. The maximum Gasteiger partial charge on any atom is 0.170 e. The van der Waals surface area contributed by atoms with E-state index in [-0.39, 0.29) is 0 Å². The molecule has 0 fully saturated rings. The molecule has 0 aliphatic carbocycles. The van der Waals surface area contributed by atoms with Crippen LogP contribution in [0.3, 0.4) is 0 Å². The monoisotopic (exact) mass is 386 g/mol. The molecular weight excluding hydrogens is 368 g/mol. The second-order valence-corrected chi connectivity index (χ2v) is 7.94. The van der Waals surface area contributed by atoms with Crippen LogP contribution in [0.4, 0.5) is 0 Å². The molecule has 0 radical (unpaired) electrons. The minimum Gasteiger partial charge on any atom is -0.372 e. The van der Waals surface area contributed by atoms with Gasteiger partial charge in [-0.25, -0.2) is 0 Å². The van der Waals surface area contributed by atoms with Crippen molar-refractivity contribution < 1.29 is 9.26 Å². The van der Waals surface area contributed by atoms with Crippen LogP contribution in [-0.2, 0) is 11.3 Å². The maximum absolute atomic E-state index is 6.25.